The molecule has 21 heavy (non-hydrogen) atoms. The number of likely N-dealkylation sites (N-methyl/N-ethyl adjacent to an activating group) is 1. The molecule has 0 aromatic carbocycles. The number of rotatable bonds is 3. The van der Waals surface area contributed by atoms with Crippen LogP contribution in [0.15, 0.2) is 6.07 Å². The monoisotopic (exact) mass is 305 g/mol. The molecular weight excluding hydrogens is 286 g/mol. The Morgan fingerprint density at radius 3 is 3.10 bits per heavy atom. The van der Waals surface area contributed by atoms with Gasteiger partial charge in [0.2, 0.25) is 0 Å². The number of amides is 1. The molecule has 112 valence electrons. The summed E-state index contributed by atoms with van der Waals surface area (Å²) in [6.45, 7) is 6.47. The van der Waals surface area contributed by atoms with Gasteiger partial charge in [0.1, 0.15) is 5.69 Å². The second kappa shape index (κ2) is 5.57. The number of hydrogen-bond acceptors (Lipinski definition) is 5. The van der Waals surface area contributed by atoms with Crippen molar-refractivity contribution in [2.45, 2.75) is 33.4 Å². The normalized spacial score (nSPS) is 15.0. The average molecular weight is 305 g/mol. The first-order valence-corrected chi connectivity index (χ1v) is 7.91. The summed E-state index contributed by atoms with van der Waals surface area (Å²) < 4.78 is 1.71. The molecule has 0 atom stereocenters. The molecule has 1 N–H and O–H groups in total. The highest BCUT2D eigenvalue weighted by molar-refractivity contribution is 7.15. The molecule has 0 radical (unpaired) electrons. The topological polar surface area (TPSA) is 63.1 Å². The third kappa shape index (κ3) is 2.84. The molecule has 7 heteroatoms. The lowest BCUT2D eigenvalue weighted by atomic mass is 10.2. The highest BCUT2D eigenvalue weighted by Crippen LogP contribution is 2.28. The van der Waals surface area contributed by atoms with Gasteiger partial charge in [-0.1, -0.05) is 0 Å². The van der Waals surface area contributed by atoms with E-state index in [2.05, 4.69) is 27.3 Å². The zero-order chi connectivity index (χ0) is 15.0. The van der Waals surface area contributed by atoms with Crippen molar-refractivity contribution in [1.29, 1.82) is 0 Å². The Morgan fingerprint density at radius 1 is 1.52 bits per heavy atom. The van der Waals surface area contributed by atoms with Gasteiger partial charge in [0.15, 0.2) is 5.13 Å². The summed E-state index contributed by atoms with van der Waals surface area (Å²) in [5.74, 6) is -0.142. The molecule has 0 spiro atoms. The van der Waals surface area contributed by atoms with Gasteiger partial charge in [0.05, 0.1) is 11.4 Å². The molecule has 0 bridgehead atoms. The number of nitrogens with zero attached hydrogens (tertiary/aromatic N) is 4. The lowest BCUT2D eigenvalue weighted by molar-refractivity contribution is 0.101. The van der Waals surface area contributed by atoms with Crippen molar-refractivity contribution in [1.82, 2.24) is 19.7 Å². The molecule has 1 aliphatic rings. The summed E-state index contributed by atoms with van der Waals surface area (Å²) in [7, 11) is 2.10. The highest BCUT2D eigenvalue weighted by atomic mass is 32.1. The Labute approximate surface area is 127 Å². The maximum absolute atomic E-state index is 12.4. The fourth-order valence-corrected chi connectivity index (χ4v) is 3.59. The second-order valence-electron chi connectivity index (χ2n) is 5.32. The maximum atomic E-state index is 12.4. The number of anilines is 1. The fraction of sp³-hybridized carbons (Fsp3) is 0.500. The Bertz CT molecular complexity index is 675. The quantitative estimate of drug-likeness (QED) is 0.941. The van der Waals surface area contributed by atoms with Gasteiger partial charge >= 0.3 is 0 Å². The molecule has 0 saturated heterocycles. The summed E-state index contributed by atoms with van der Waals surface area (Å²) in [4.78, 5) is 20.4. The lowest BCUT2D eigenvalue weighted by Gasteiger charge is -2.20. The summed E-state index contributed by atoms with van der Waals surface area (Å²) in [6, 6.07) is 1.81. The van der Waals surface area contributed by atoms with Crippen molar-refractivity contribution in [3.05, 3.63) is 28.0 Å². The van der Waals surface area contributed by atoms with Crippen LogP contribution in [0.5, 0.6) is 0 Å². The molecule has 1 aliphatic heterocycles. The summed E-state index contributed by atoms with van der Waals surface area (Å²) in [5.41, 5.74) is 2.55. The van der Waals surface area contributed by atoms with Crippen molar-refractivity contribution in [3.63, 3.8) is 0 Å². The fourth-order valence-electron chi connectivity index (χ4n) is 2.51. The van der Waals surface area contributed by atoms with Crippen LogP contribution in [0.1, 0.15) is 33.7 Å². The van der Waals surface area contributed by atoms with Crippen LogP contribution in [0.25, 0.3) is 0 Å². The first kappa shape index (κ1) is 14.2. The summed E-state index contributed by atoms with van der Waals surface area (Å²) in [6.07, 6.45) is 0.949. The van der Waals surface area contributed by atoms with Crippen molar-refractivity contribution >= 4 is 22.4 Å². The van der Waals surface area contributed by atoms with E-state index in [1.807, 2.05) is 13.8 Å². The number of fused-ring (bicyclic) bond motifs is 1. The van der Waals surface area contributed by atoms with Crippen LogP contribution < -0.4 is 5.32 Å². The lowest BCUT2D eigenvalue weighted by Crippen LogP contribution is -2.25. The summed E-state index contributed by atoms with van der Waals surface area (Å²) >= 11 is 1.57. The standard InChI is InChI=1S/C14H19N5OS/c1-4-19-11(7-9(2)17-19)13(20)16-14-15-10-5-6-18(3)8-12(10)21-14/h7H,4-6,8H2,1-3H3,(H,15,16,20). The summed E-state index contributed by atoms with van der Waals surface area (Å²) in [5, 5.41) is 7.89. The molecule has 0 aliphatic carbocycles. The van der Waals surface area contributed by atoms with Crippen LogP contribution in [0.2, 0.25) is 0 Å². The maximum Gasteiger partial charge on any atom is 0.275 e. The van der Waals surface area contributed by atoms with E-state index >= 15 is 0 Å². The molecule has 0 unspecified atom stereocenters. The van der Waals surface area contributed by atoms with Crippen LogP contribution in [0.4, 0.5) is 5.13 Å². The molecule has 2 aromatic rings. The van der Waals surface area contributed by atoms with E-state index < -0.39 is 0 Å². The van der Waals surface area contributed by atoms with Crippen LogP contribution >= 0.6 is 11.3 Å². The molecule has 3 heterocycles. The second-order valence-corrected chi connectivity index (χ2v) is 6.40. The molecule has 0 fully saturated rings. The van der Waals surface area contributed by atoms with E-state index in [0.717, 1.165) is 30.9 Å². The van der Waals surface area contributed by atoms with Gasteiger partial charge in [-0.05, 0) is 27.0 Å². The highest BCUT2D eigenvalue weighted by Gasteiger charge is 2.20. The van der Waals surface area contributed by atoms with Gasteiger partial charge in [-0.2, -0.15) is 5.10 Å². The van der Waals surface area contributed by atoms with E-state index in [1.165, 1.54) is 4.88 Å². The SMILES string of the molecule is CCn1nc(C)cc1C(=O)Nc1nc2c(s1)CN(C)CC2. The minimum Gasteiger partial charge on any atom is -0.301 e. The predicted molar refractivity (Wildman–Crippen MR) is 82.7 cm³/mol. The van der Waals surface area contributed by atoms with Gasteiger partial charge in [0.25, 0.3) is 5.91 Å². The number of thiazole rings is 1. The van der Waals surface area contributed by atoms with E-state index in [1.54, 1.807) is 22.1 Å². The molecule has 6 nitrogen and oxygen atoms in total. The molecular formula is C14H19N5OS. The number of carbonyl (C=O) groups is 1. The zero-order valence-corrected chi connectivity index (χ0v) is 13.3. The van der Waals surface area contributed by atoms with Gasteiger partial charge in [-0.25, -0.2) is 4.98 Å². The third-order valence-corrected chi connectivity index (χ3v) is 4.57. The van der Waals surface area contributed by atoms with Gasteiger partial charge in [0, 0.05) is 30.9 Å². The Hall–Kier alpha value is -1.73. The molecule has 3 rings (SSSR count). The van der Waals surface area contributed by atoms with Crippen molar-refractivity contribution in [2.24, 2.45) is 0 Å². The third-order valence-electron chi connectivity index (χ3n) is 3.58. The number of carbonyl (C=O) groups excluding carboxylic acids is 1. The minimum atomic E-state index is -0.142. The van der Waals surface area contributed by atoms with E-state index in [4.69, 9.17) is 0 Å². The first-order valence-electron chi connectivity index (χ1n) is 7.09. The van der Waals surface area contributed by atoms with Gasteiger partial charge < -0.3 is 4.90 Å². The smallest absolute Gasteiger partial charge is 0.275 e. The van der Waals surface area contributed by atoms with E-state index in [0.29, 0.717) is 17.4 Å². The van der Waals surface area contributed by atoms with Gasteiger partial charge in [-0.15, -0.1) is 11.3 Å². The van der Waals surface area contributed by atoms with Gasteiger partial charge in [-0.3, -0.25) is 14.8 Å². The van der Waals surface area contributed by atoms with Crippen LogP contribution in [-0.4, -0.2) is 39.2 Å². The van der Waals surface area contributed by atoms with E-state index in [-0.39, 0.29) is 5.91 Å². The minimum absolute atomic E-state index is 0.142. The van der Waals surface area contributed by atoms with Crippen LogP contribution in [-0.2, 0) is 19.5 Å². The Morgan fingerprint density at radius 2 is 2.33 bits per heavy atom. The first-order chi connectivity index (χ1) is 10.1. The average Bonchev–Trinajstić information content (AvgIpc) is 3.00. The molecule has 1 amide bonds. The Kier molecular flexibility index (Phi) is 3.77. The number of nitrogens with one attached hydrogen (secondary N) is 1. The van der Waals surface area contributed by atoms with Crippen molar-refractivity contribution in [3.8, 4) is 0 Å². The molecule has 2 aromatic heterocycles. The van der Waals surface area contributed by atoms with Crippen molar-refractivity contribution < 1.29 is 4.79 Å². The van der Waals surface area contributed by atoms with E-state index in [9.17, 15) is 4.79 Å². The zero-order valence-electron chi connectivity index (χ0n) is 12.5. The number of aromatic nitrogens is 3. The van der Waals surface area contributed by atoms with Crippen LogP contribution in [0, 0.1) is 6.92 Å². The van der Waals surface area contributed by atoms with Crippen molar-refractivity contribution in [2.75, 3.05) is 18.9 Å². The molecule has 0 saturated carbocycles. The Balaban J connectivity index is 1.79. The number of hydrogen-bond donors (Lipinski definition) is 1. The predicted octanol–water partition coefficient (Wildman–Crippen LogP) is 1.91. The largest absolute Gasteiger partial charge is 0.301 e. The number of aryl methyl sites for hydroxylation is 2. The van der Waals surface area contributed by atoms with Crippen LogP contribution in [0.3, 0.4) is 0 Å².